The molecule has 0 amide bonds. The summed E-state index contributed by atoms with van der Waals surface area (Å²) in [5, 5.41) is 0. The van der Waals surface area contributed by atoms with Crippen molar-refractivity contribution in [3.63, 3.8) is 0 Å². The van der Waals surface area contributed by atoms with Gasteiger partial charge >= 0.3 is 0 Å². The molecule has 1 aliphatic rings. The van der Waals surface area contributed by atoms with Crippen LogP contribution in [0.1, 0.15) is 25.4 Å². The van der Waals surface area contributed by atoms with Gasteiger partial charge in [-0.1, -0.05) is 6.92 Å². The van der Waals surface area contributed by atoms with Crippen molar-refractivity contribution in [2.24, 2.45) is 5.73 Å². The van der Waals surface area contributed by atoms with E-state index in [1.807, 2.05) is 6.92 Å². The fourth-order valence-corrected chi connectivity index (χ4v) is 2.84. The molecule has 0 aliphatic carbocycles. The lowest BCUT2D eigenvalue weighted by Crippen LogP contribution is -2.40. The van der Waals surface area contributed by atoms with E-state index in [1.54, 1.807) is 24.9 Å². The first-order valence-electron chi connectivity index (χ1n) is 6.94. The maximum atomic E-state index is 11.9. The van der Waals surface area contributed by atoms with E-state index in [2.05, 4.69) is 15.0 Å². The number of ether oxygens (including phenoxy) is 2. The molecule has 1 unspecified atom stereocenters. The van der Waals surface area contributed by atoms with Crippen molar-refractivity contribution in [3.8, 4) is 0 Å². The molecule has 0 spiro atoms. The standard InChI is InChI=1S/C13H19N5O3/c1-4-7-8(14)10(20-3)13(21-7)18-5-15-9-11(18)16-6(2)17-12(9)19/h5,7-8,10,13H,4,14H2,1-3H3,(H,16,17,19)/t7-,8+,10?,13-/m1/s1. The summed E-state index contributed by atoms with van der Waals surface area (Å²) in [5.74, 6) is 0.526. The third kappa shape index (κ3) is 2.15. The lowest BCUT2D eigenvalue weighted by Gasteiger charge is -2.20. The number of fused-ring (bicyclic) bond motifs is 1. The number of H-pyrrole nitrogens is 1. The SMILES string of the molecule is CC[C@H]1O[C@@H](n2cnc3c(=O)[nH]c(C)nc32)C(OC)[C@H]1N. The molecule has 2 aromatic heterocycles. The second-order valence-corrected chi connectivity index (χ2v) is 5.23. The molecule has 21 heavy (non-hydrogen) atoms. The van der Waals surface area contributed by atoms with E-state index >= 15 is 0 Å². The van der Waals surface area contributed by atoms with E-state index in [-0.39, 0.29) is 29.3 Å². The van der Waals surface area contributed by atoms with Crippen molar-refractivity contribution >= 4 is 11.2 Å². The maximum Gasteiger partial charge on any atom is 0.279 e. The summed E-state index contributed by atoms with van der Waals surface area (Å²) in [4.78, 5) is 23.0. The number of nitrogens with one attached hydrogen (secondary N) is 1. The van der Waals surface area contributed by atoms with Gasteiger partial charge in [0.15, 0.2) is 17.4 Å². The molecular weight excluding hydrogens is 274 g/mol. The smallest absolute Gasteiger partial charge is 0.279 e. The Morgan fingerprint density at radius 3 is 3.00 bits per heavy atom. The van der Waals surface area contributed by atoms with Gasteiger partial charge in [0.2, 0.25) is 0 Å². The highest BCUT2D eigenvalue weighted by Crippen LogP contribution is 2.32. The van der Waals surface area contributed by atoms with Crippen LogP contribution in [0.2, 0.25) is 0 Å². The zero-order valence-electron chi connectivity index (χ0n) is 12.2. The summed E-state index contributed by atoms with van der Waals surface area (Å²) in [6.07, 6.45) is 1.49. The third-order valence-electron chi connectivity index (χ3n) is 3.90. The topological polar surface area (TPSA) is 108 Å². The molecule has 1 aliphatic heterocycles. The highest BCUT2D eigenvalue weighted by molar-refractivity contribution is 5.69. The first-order chi connectivity index (χ1) is 10.1. The van der Waals surface area contributed by atoms with Gasteiger partial charge in [-0.3, -0.25) is 9.36 Å². The largest absolute Gasteiger partial charge is 0.375 e. The normalized spacial score (nSPS) is 29.3. The van der Waals surface area contributed by atoms with Crippen molar-refractivity contribution in [3.05, 3.63) is 22.5 Å². The van der Waals surface area contributed by atoms with E-state index in [0.29, 0.717) is 11.5 Å². The molecule has 0 saturated carbocycles. The summed E-state index contributed by atoms with van der Waals surface area (Å²) in [7, 11) is 1.60. The van der Waals surface area contributed by atoms with Gasteiger partial charge in [-0.2, -0.15) is 0 Å². The van der Waals surface area contributed by atoms with Gasteiger partial charge in [-0.05, 0) is 13.3 Å². The van der Waals surface area contributed by atoms with Gasteiger partial charge in [-0.25, -0.2) is 9.97 Å². The van der Waals surface area contributed by atoms with Gasteiger partial charge in [0.05, 0.1) is 18.5 Å². The molecule has 3 heterocycles. The number of aryl methyl sites for hydroxylation is 1. The summed E-state index contributed by atoms with van der Waals surface area (Å²) in [5.41, 5.74) is 6.67. The van der Waals surface area contributed by atoms with Crippen LogP contribution in [-0.2, 0) is 9.47 Å². The van der Waals surface area contributed by atoms with Crippen molar-refractivity contribution in [2.45, 2.75) is 44.7 Å². The van der Waals surface area contributed by atoms with Crippen molar-refractivity contribution in [1.82, 2.24) is 19.5 Å². The average molecular weight is 293 g/mol. The van der Waals surface area contributed by atoms with Gasteiger partial charge in [-0.15, -0.1) is 0 Å². The minimum Gasteiger partial charge on any atom is -0.375 e. The average Bonchev–Trinajstić information content (AvgIpc) is 2.99. The molecule has 2 aromatic rings. The first-order valence-corrected chi connectivity index (χ1v) is 6.94. The number of aromatic nitrogens is 4. The molecule has 0 radical (unpaired) electrons. The van der Waals surface area contributed by atoms with E-state index < -0.39 is 6.23 Å². The Morgan fingerprint density at radius 1 is 1.57 bits per heavy atom. The number of nitrogens with zero attached hydrogens (tertiary/aromatic N) is 3. The van der Waals surface area contributed by atoms with E-state index in [9.17, 15) is 4.79 Å². The van der Waals surface area contributed by atoms with Crippen LogP contribution in [0.5, 0.6) is 0 Å². The van der Waals surface area contributed by atoms with Crippen molar-refractivity contribution in [1.29, 1.82) is 0 Å². The number of hydrogen-bond donors (Lipinski definition) is 2. The fraction of sp³-hybridized carbons (Fsp3) is 0.615. The summed E-state index contributed by atoms with van der Waals surface area (Å²) >= 11 is 0. The van der Waals surface area contributed by atoms with E-state index in [4.69, 9.17) is 15.2 Å². The summed E-state index contributed by atoms with van der Waals surface area (Å²) in [6.45, 7) is 3.74. The van der Waals surface area contributed by atoms with Gasteiger partial charge in [0, 0.05) is 7.11 Å². The fourth-order valence-electron chi connectivity index (χ4n) is 2.84. The molecular formula is C13H19N5O3. The zero-order valence-corrected chi connectivity index (χ0v) is 12.2. The van der Waals surface area contributed by atoms with Crippen LogP contribution in [0.15, 0.2) is 11.1 Å². The number of imidazole rings is 1. The van der Waals surface area contributed by atoms with Crippen LogP contribution in [0.3, 0.4) is 0 Å². The summed E-state index contributed by atoms with van der Waals surface area (Å²) < 4.78 is 13.2. The monoisotopic (exact) mass is 293 g/mol. The van der Waals surface area contributed by atoms with Crippen LogP contribution in [0, 0.1) is 6.92 Å². The predicted molar refractivity (Wildman–Crippen MR) is 75.9 cm³/mol. The molecule has 114 valence electrons. The van der Waals surface area contributed by atoms with Crippen LogP contribution >= 0.6 is 0 Å². The quantitative estimate of drug-likeness (QED) is 0.829. The highest BCUT2D eigenvalue weighted by atomic mass is 16.6. The van der Waals surface area contributed by atoms with E-state index in [1.165, 1.54) is 0 Å². The van der Waals surface area contributed by atoms with Crippen LogP contribution in [0.4, 0.5) is 0 Å². The molecule has 0 aromatic carbocycles. The highest BCUT2D eigenvalue weighted by Gasteiger charge is 2.43. The molecule has 0 bridgehead atoms. The third-order valence-corrected chi connectivity index (χ3v) is 3.90. The van der Waals surface area contributed by atoms with Gasteiger partial charge in [0.1, 0.15) is 11.9 Å². The Hall–Kier alpha value is -1.77. The molecule has 4 atom stereocenters. The minimum atomic E-state index is -0.436. The van der Waals surface area contributed by atoms with Gasteiger partial charge < -0.3 is 20.2 Å². The predicted octanol–water partition coefficient (Wildman–Crippen LogP) is 0.0777. The Labute approximate surface area is 121 Å². The molecule has 1 saturated heterocycles. The first kappa shape index (κ1) is 14.2. The van der Waals surface area contributed by atoms with Crippen LogP contribution < -0.4 is 11.3 Å². The molecule has 3 N–H and O–H groups in total. The van der Waals surface area contributed by atoms with Crippen LogP contribution in [-0.4, -0.2) is 44.9 Å². The minimum absolute atomic E-state index is 0.0968. The van der Waals surface area contributed by atoms with Gasteiger partial charge in [0.25, 0.3) is 5.56 Å². The van der Waals surface area contributed by atoms with Crippen molar-refractivity contribution < 1.29 is 9.47 Å². The second kappa shape index (κ2) is 5.21. The Kier molecular flexibility index (Phi) is 3.52. The lowest BCUT2D eigenvalue weighted by atomic mass is 10.1. The number of aromatic amines is 1. The Bertz CT molecular complexity index is 709. The van der Waals surface area contributed by atoms with Crippen molar-refractivity contribution in [2.75, 3.05) is 7.11 Å². The number of hydrogen-bond acceptors (Lipinski definition) is 6. The maximum absolute atomic E-state index is 11.9. The zero-order chi connectivity index (χ0) is 15.1. The summed E-state index contributed by atoms with van der Waals surface area (Å²) in [6, 6.07) is -0.231. The molecule has 3 rings (SSSR count). The molecule has 8 nitrogen and oxygen atoms in total. The number of nitrogens with two attached hydrogens (primary N) is 1. The second-order valence-electron chi connectivity index (χ2n) is 5.23. The number of methoxy groups -OCH3 is 1. The Morgan fingerprint density at radius 2 is 2.33 bits per heavy atom. The number of rotatable bonds is 3. The van der Waals surface area contributed by atoms with Crippen LogP contribution in [0.25, 0.3) is 11.2 Å². The van der Waals surface area contributed by atoms with E-state index in [0.717, 1.165) is 6.42 Å². The Balaban J connectivity index is 2.10. The molecule has 1 fully saturated rings. The molecule has 8 heteroatoms. The lowest BCUT2D eigenvalue weighted by molar-refractivity contribution is -0.0482.